The molecular formula is C14H8FN3S. The Bertz CT molecular complexity index is 861. The highest BCUT2D eigenvalue weighted by Gasteiger charge is 2.11. The van der Waals surface area contributed by atoms with Crippen LogP contribution < -0.4 is 0 Å². The van der Waals surface area contributed by atoms with Crippen molar-refractivity contribution in [2.75, 3.05) is 0 Å². The SMILES string of the molecule is Fc1cccc2[nH]c(-c3cc4ccncc4s3)nc12. The summed E-state index contributed by atoms with van der Waals surface area (Å²) in [5.41, 5.74) is 1.10. The second kappa shape index (κ2) is 3.86. The quantitative estimate of drug-likeness (QED) is 0.568. The number of hydrogen-bond acceptors (Lipinski definition) is 3. The Morgan fingerprint density at radius 3 is 3.00 bits per heavy atom. The molecule has 0 radical (unpaired) electrons. The molecule has 1 aromatic carbocycles. The molecule has 0 aliphatic heterocycles. The van der Waals surface area contributed by atoms with Crippen LogP contribution in [0.25, 0.3) is 31.8 Å². The highest BCUT2D eigenvalue weighted by molar-refractivity contribution is 7.22. The lowest BCUT2D eigenvalue weighted by Gasteiger charge is -1.86. The summed E-state index contributed by atoms with van der Waals surface area (Å²) in [4.78, 5) is 12.6. The first-order chi connectivity index (χ1) is 9.31. The van der Waals surface area contributed by atoms with Crippen LogP contribution in [-0.4, -0.2) is 15.0 Å². The van der Waals surface area contributed by atoms with Crippen molar-refractivity contribution in [3.05, 3.63) is 48.5 Å². The van der Waals surface area contributed by atoms with E-state index in [0.717, 1.165) is 15.0 Å². The number of pyridine rings is 1. The monoisotopic (exact) mass is 269 g/mol. The highest BCUT2D eigenvalue weighted by Crippen LogP contribution is 2.32. The number of hydrogen-bond donors (Lipinski definition) is 1. The molecule has 3 aromatic heterocycles. The third-order valence-corrected chi connectivity index (χ3v) is 4.11. The van der Waals surface area contributed by atoms with Crippen molar-refractivity contribution in [2.24, 2.45) is 0 Å². The predicted octanol–water partition coefficient (Wildman–Crippen LogP) is 3.98. The van der Waals surface area contributed by atoms with E-state index in [9.17, 15) is 4.39 Å². The number of H-pyrrole nitrogens is 1. The third-order valence-electron chi connectivity index (χ3n) is 3.02. The number of rotatable bonds is 1. The summed E-state index contributed by atoms with van der Waals surface area (Å²) in [7, 11) is 0. The normalized spacial score (nSPS) is 11.4. The molecule has 5 heteroatoms. The summed E-state index contributed by atoms with van der Waals surface area (Å²) >= 11 is 1.59. The number of nitrogens with zero attached hydrogens (tertiary/aromatic N) is 2. The zero-order chi connectivity index (χ0) is 12.8. The van der Waals surface area contributed by atoms with Gasteiger partial charge in [-0.1, -0.05) is 6.07 Å². The first kappa shape index (κ1) is 10.6. The van der Waals surface area contributed by atoms with Gasteiger partial charge < -0.3 is 4.98 Å². The van der Waals surface area contributed by atoms with E-state index in [-0.39, 0.29) is 5.82 Å². The second-order valence-corrected chi connectivity index (χ2v) is 5.33. The molecule has 1 N–H and O–H groups in total. The van der Waals surface area contributed by atoms with Crippen LogP contribution in [0.4, 0.5) is 4.39 Å². The first-order valence-electron chi connectivity index (χ1n) is 5.79. The molecule has 0 atom stereocenters. The summed E-state index contributed by atoms with van der Waals surface area (Å²) in [6.45, 7) is 0. The van der Waals surface area contributed by atoms with Crippen LogP contribution in [-0.2, 0) is 0 Å². The Labute approximate surface area is 111 Å². The lowest BCUT2D eigenvalue weighted by Crippen LogP contribution is -1.75. The molecule has 3 nitrogen and oxygen atoms in total. The zero-order valence-electron chi connectivity index (χ0n) is 9.72. The summed E-state index contributed by atoms with van der Waals surface area (Å²) in [6, 6.07) is 8.91. The number of aromatic amines is 1. The van der Waals surface area contributed by atoms with Gasteiger partial charge in [0.1, 0.15) is 11.3 Å². The standard InChI is InChI=1S/C14H8FN3S/c15-9-2-1-3-10-13(9)18-14(17-10)11-6-8-4-5-16-7-12(8)19-11/h1-7H,(H,17,18). The average molecular weight is 269 g/mol. The van der Waals surface area contributed by atoms with Gasteiger partial charge in [-0.25, -0.2) is 9.37 Å². The maximum Gasteiger partial charge on any atom is 0.151 e. The minimum absolute atomic E-state index is 0.303. The van der Waals surface area contributed by atoms with Gasteiger partial charge in [0, 0.05) is 12.4 Å². The lowest BCUT2D eigenvalue weighted by atomic mass is 10.3. The fourth-order valence-corrected chi connectivity index (χ4v) is 3.09. The van der Waals surface area contributed by atoms with Gasteiger partial charge in [0.2, 0.25) is 0 Å². The summed E-state index contributed by atoms with van der Waals surface area (Å²) in [6.07, 6.45) is 3.59. The Morgan fingerprint density at radius 1 is 1.21 bits per heavy atom. The van der Waals surface area contributed by atoms with E-state index in [0.29, 0.717) is 16.9 Å². The first-order valence-corrected chi connectivity index (χ1v) is 6.61. The predicted molar refractivity (Wildman–Crippen MR) is 74.7 cm³/mol. The second-order valence-electron chi connectivity index (χ2n) is 4.25. The Kier molecular flexibility index (Phi) is 2.16. The summed E-state index contributed by atoms with van der Waals surface area (Å²) in [5, 5.41) is 1.12. The van der Waals surface area contributed by atoms with E-state index in [1.165, 1.54) is 6.07 Å². The number of para-hydroxylation sites is 1. The van der Waals surface area contributed by atoms with Gasteiger partial charge in [0.25, 0.3) is 0 Å². The maximum atomic E-state index is 13.6. The van der Waals surface area contributed by atoms with E-state index >= 15 is 0 Å². The zero-order valence-corrected chi connectivity index (χ0v) is 10.5. The summed E-state index contributed by atoms with van der Waals surface area (Å²) < 4.78 is 14.7. The van der Waals surface area contributed by atoms with Gasteiger partial charge >= 0.3 is 0 Å². The number of fused-ring (bicyclic) bond motifs is 2. The average Bonchev–Trinajstić information content (AvgIpc) is 3.02. The van der Waals surface area contributed by atoms with Crippen molar-refractivity contribution < 1.29 is 4.39 Å². The molecule has 0 unspecified atom stereocenters. The van der Waals surface area contributed by atoms with Crippen LogP contribution in [0.5, 0.6) is 0 Å². The van der Waals surface area contributed by atoms with Gasteiger partial charge in [-0.05, 0) is 29.7 Å². The molecule has 0 spiro atoms. The molecule has 0 amide bonds. The van der Waals surface area contributed by atoms with E-state index in [2.05, 4.69) is 15.0 Å². The van der Waals surface area contributed by atoms with E-state index in [1.54, 1.807) is 23.6 Å². The molecule has 0 aliphatic rings. The van der Waals surface area contributed by atoms with Gasteiger partial charge in [-0.15, -0.1) is 11.3 Å². The summed E-state index contributed by atoms with van der Waals surface area (Å²) in [5.74, 6) is 0.393. The van der Waals surface area contributed by atoms with Gasteiger partial charge in [0.15, 0.2) is 5.82 Å². The number of thiophene rings is 1. The maximum absolute atomic E-state index is 13.6. The Balaban J connectivity index is 1.96. The number of aromatic nitrogens is 3. The number of imidazole rings is 1. The Hall–Kier alpha value is -2.27. The molecule has 19 heavy (non-hydrogen) atoms. The van der Waals surface area contributed by atoms with Crippen molar-refractivity contribution >= 4 is 32.5 Å². The van der Waals surface area contributed by atoms with Crippen LogP contribution in [0.2, 0.25) is 0 Å². The fourth-order valence-electron chi connectivity index (χ4n) is 2.11. The molecule has 0 fully saturated rings. The third kappa shape index (κ3) is 1.62. The van der Waals surface area contributed by atoms with Crippen molar-refractivity contribution in [3.8, 4) is 10.7 Å². The van der Waals surface area contributed by atoms with Crippen LogP contribution >= 0.6 is 11.3 Å². The minimum Gasteiger partial charge on any atom is -0.337 e. The molecule has 0 saturated heterocycles. The van der Waals surface area contributed by atoms with E-state index in [1.807, 2.05) is 24.4 Å². The van der Waals surface area contributed by atoms with Gasteiger partial charge in [-0.3, -0.25) is 4.98 Å². The largest absolute Gasteiger partial charge is 0.337 e. The topological polar surface area (TPSA) is 41.6 Å². The molecule has 4 rings (SSSR count). The van der Waals surface area contributed by atoms with Crippen LogP contribution in [0.15, 0.2) is 42.7 Å². The van der Waals surface area contributed by atoms with Crippen LogP contribution in [0, 0.1) is 5.82 Å². The van der Waals surface area contributed by atoms with Crippen molar-refractivity contribution in [3.63, 3.8) is 0 Å². The molecule has 0 aliphatic carbocycles. The van der Waals surface area contributed by atoms with Crippen molar-refractivity contribution in [1.82, 2.24) is 15.0 Å². The van der Waals surface area contributed by atoms with Crippen molar-refractivity contribution in [1.29, 1.82) is 0 Å². The smallest absolute Gasteiger partial charge is 0.151 e. The molecular weight excluding hydrogens is 261 g/mol. The molecule has 4 aromatic rings. The van der Waals surface area contributed by atoms with Gasteiger partial charge in [-0.2, -0.15) is 0 Å². The van der Waals surface area contributed by atoms with Gasteiger partial charge in [0.05, 0.1) is 15.1 Å². The number of halogens is 1. The van der Waals surface area contributed by atoms with E-state index in [4.69, 9.17) is 0 Å². The van der Waals surface area contributed by atoms with E-state index < -0.39 is 0 Å². The molecule has 92 valence electrons. The lowest BCUT2D eigenvalue weighted by molar-refractivity contribution is 0.637. The van der Waals surface area contributed by atoms with Crippen LogP contribution in [0.3, 0.4) is 0 Å². The fraction of sp³-hybridized carbons (Fsp3) is 0. The number of nitrogens with one attached hydrogen (secondary N) is 1. The number of benzene rings is 1. The van der Waals surface area contributed by atoms with Crippen LogP contribution in [0.1, 0.15) is 0 Å². The molecule has 3 heterocycles. The Morgan fingerprint density at radius 2 is 2.16 bits per heavy atom. The highest BCUT2D eigenvalue weighted by atomic mass is 32.1. The molecule has 0 saturated carbocycles. The van der Waals surface area contributed by atoms with Crippen molar-refractivity contribution in [2.45, 2.75) is 0 Å². The minimum atomic E-state index is -0.303. The molecule has 0 bridgehead atoms.